The number of amides is 1. The highest BCUT2D eigenvalue weighted by Crippen LogP contribution is 2.23. The highest BCUT2D eigenvalue weighted by molar-refractivity contribution is 5.83. The largest absolute Gasteiger partial charge is 0.348 e. The van der Waals surface area contributed by atoms with E-state index in [1.807, 2.05) is 30.3 Å². The summed E-state index contributed by atoms with van der Waals surface area (Å²) >= 11 is 0. The van der Waals surface area contributed by atoms with Gasteiger partial charge in [-0.2, -0.15) is 0 Å². The van der Waals surface area contributed by atoms with E-state index in [1.54, 1.807) is 12.4 Å². The summed E-state index contributed by atoms with van der Waals surface area (Å²) in [6.45, 7) is 4.71. The number of hydrogen-bond acceptors (Lipinski definition) is 2. The summed E-state index contributed by atoms with van der Waals surface area (Å²) in [6.07, 6.45) is 4.28. The Hall–Kier alpha value is -2.10. The van der Waals surface area contributed by atoms with Crippen LogP contribution in [0.25, 0.3) is 0 Å². The molecule has 0 saturated heterocycles. The van der Waals surface area contributed by atoms with Crippen LogP contribution in [-0.4, -0.2) is 15.9 Å². The molecule has 1 aromatic carbocycles. The first-order chi connectivity index (χ1) is 9.66. The van der Waals surface area contributed by atoms with Crippen molar-refractivity contribution in [1.29, 1.82) is 0 Å². The maximum atomic E-state index is 12.4. The molecule has 1 aromatic heterocycles. The second-order valence-electron chi connectivity index (χ2n) is 5.35. The summed E-state index contributed by atoms with van der Waals surface area (Å²) in [4.78, 5) is 19.5. The Morgan fingerprint density at radius 3 is 2.65 bits per heavy atom. The second-order valence-corrected chi connectivity index (χ2v) is 5.35. The number of carbonyl (C=O) groups excluding carboxylic acids is 1. The second kappa shape index (κ2) is 6.89. The molecule has 2 rings (SSSR count). The predicted octanol–water partition coefficient (Wildman–Crippen LogP) is 2.86. The van der Waals surface area contributed by atoms with E-state index < -0.39 is 0 Å². The van der Waals surface area contributed by atoms with Crippen LogP contribution >= 0.6 is 0 Å². The van der Waals surface area contributed by atoms with Gasteiger partial charge in [-0.3, -0.25) is 4.79 Å². The normalized spacial score (nSPS) is 12.3. The summed E-state index contributed by atoms with van der Waals surface area (Å²) in [5.41, 5.74) is 1.07. The van der Waals surface area contributed by atoms with Crippen LogP contribution < -0.4 is 5.32 Å². The molecule has 1 atom stereocenters. The Kier molecular flexibility index (Phi) is 4.93. The fourth-order valence-electron chi connectivity index (χ4n) is 2.24. The Morgan fingerprint density at radius 1 is 1.30 bits per heavy atom. The van der Waals surface area contributed by atoms with Crippen molar-refractivity contribution in [2.24, 2.45) is 5.92 Å². The third-order valence-corrected chi connectivity index (χ3v) is 3.21. The van der Waals surface area contributed by atoms with Crippen molar-refractivity contribution in [3.63, 3.8) is 0 Å². The molecule has 2 N–H and O–H groups in total. The number of nitrogens with one attached hydrogen (secondary N) is 2. The van der Waals surface area contributed by atoms with Gasteiger partial charge in [0.1, 0.15) is 5.82 Å². The monoisotopic (exact) mass is 271 g/mol. The summed E-state index contributed by atoms with van der Waals surface area (Å²) in [6, 6.07) is 9.95. The van der Waals surface area contributed by atoms with E-state index in [4.69, 9.17) is 0 Å². The van der Waals surface area contributed by atoms with Crippen LogP contribution in [0.5, 0.6) is 0 Å². The lowest BCUT2D eigenvalue weighted by Crippen LogP contribution is -2.30. The number of benzene rings is 1. The number of aromatic nitrogens is 2. The molecule has 1 unspecified atom stereocenters. The van der Waals surface area contributed by atoms with Crippen LogP contribution in [-0.2, 0) is 11.3 Å². The van der Waals surface area contributed by atoms with Crippen LogP contribution in [0.2, 0.25) is 0 Å². The van der Waals surface area contributed by atoms with Crippen LogP contribution in [0.15, 0.2) is 42.7 Å². The minimum absolute atomic E-state index is 0.0568. The van der Waals surface area contributed by atoms with Gasteiger partial charge in [-0.15, -0.1) is 0 Å². The maximum Gasteiger partial charge on any atom is 0.227 e. The third-order valence-electron chi connectivity index (χ3n) is 3.21. The highest BCUT2D eigenvalue weighted by atomic mass is 16.1. The van der Waals surface area contributed by atoms with Crippen LogP contribution in [0.3, 0.4) is 0 Å². The Balaban J connectivity index is 2.04. The van der Waals surface area contributed by atoms with Crippen LogP contribution in [0, 0.1) is 5.92 Å². The SMILES string of the molecule is CC(C)CC(C(=O)NCc1ncc[nH]1)c1ccccc1. The zero-order valence-electron chi connectivity index (χ0n) is 12.0. The summed E-state index contributed by atoms with van der Waals surface area (Å²) in [7, 11) is 0. The molecule has 0 radical (unpaired) electrons. The van der Waals surface area contributed by atoms with Gasteiger partial charge in [0, 0.05) is 12.4 Å². The standard InChI is InChI=1S/C16H21N3O/c1-12(2)10-14(13-6-4-3-5-7-13)16(20)19-11-15-17-8-9-18-15/h3-9,12,14H,10-11H2,1-2H3,(H,17,18)(H,19,20). The molecule has 106 valence electrons. The zero-order valence-corrected chi connectivity index (χ0v) is 12.0. The lowest BCUT2D eigenvalue weighted by molar-refractivity contribution is -0.123. The molecule has 0 aliphatic rings. The molecule has 1 amide bonds. The van der Waals surface area contributed by atoms with Crippen molar-refractivity contribution in [2.45, 2.75) is 32.7 Å². The molecular weight excluding hydrogens is 250 g/mol. The van der Waals surface area contributed by atoms with Gasteiger partial charge in [-0.05, 0) is 17.9 Å². The first-order valence-electron chi connectivity index (χ1n) is 6.97. The van der Waals surface area contributed by atoms with E-state index in [2.05, 4.69) is 29.1 Å². The first kappa shape index (κ1) is 14.3. The van der Waals surface area contributed by atoms with Gasteiger partial charge >= 0.3 is 0 Å². The molecule has 4 heteroatoms. The van der Waals surface area contributed by atoms with Gasteiger partial charge in [0.25, 0.3) is 0 Å². The number of hydrogen-bond donors (Lipinski definition) is 2. The van der Waals surface area contributed by atoms with Gasteiger partial charge in [-0.25, -0.2) is 4.98 Å². The zero-order chi connectivity index (χ0) is 14.4. The number of rotatable bonds is 6. The van der Waals surface area contributed by atoms with E-state index in [1.165, 1.54) is 0 Å². The summed E-state index contributed by atoms with van der Waals surface area (Å²) in [5, 5.41) is 2.96. The molecule has 2 aromatic rings. The van der Waals surface area contributed by atoms with Gasteiger partial charge in [0.2, 0.25) is 5.91 Å². The average molecular weight is 271 g/mol. The number of H-pyrrole nitrogens is 1. The molecule has 20 heavy (non-hydrogen) atoms. The molecule has 0 bridgehead atoms. The molecular formula is C16H21N3O. The van der Waals surface area contributed by atoms with E-state index in [9.17, 15) is 4.79 Å². The van der Waals surface area contributed by atoms with Crippen molar-refractivity contribution >= 4 is 5.91 Å². The van der Waals surface area contributed by atoms with Gasteiger partial charge in [-0.1, -0.05) is 44.2 Å². The quantitative estimate of drug-likeness (QED) is 0.848. The van der Waals surface area contributed by atoms with Gasteiger partial charge in [0.15, 0.2) is 0 Å². The minimum Gasteiger partial charge on any atom is -0.348 e. The summed E-state index contributed by atoms with van der Waals surface area (Å²) < 4.78 is 0. The number of carbonyl (C=O) groups is 1. The van der Waals surface area contributed by atoms with Crippen molar-refractivity contribution in [3.8, 4) is 0 Å². The van der Waals surface area contributed by atoms with Crippen molar-refractivity contribution in [1.82, 2.24) is 15.3 Å². The average Bonchev–Trinajstić information content (AvgIpc) is 2.96. The fraction of sp³-hybridized carbons (Fsp3) is 0.375. The topological polar surface area (TPSA) is 57.8 Å². The molecule has 0 aliphatic carbocycles. The predicted molar refractivity (Wildman–Crippen MR) is 79.1 cm³/mol. The van der Waals surface area contributed by atoms with E-state index in [-0.39, 0.29) is 11.8 Å². The third kappa shape index (κ3) is 3.95. The smallest absolute Gasteiger partial charge is 0.227 e. The van der Waals surface area contributed by atoms with E-state index in [0.717, 1.165) is 17.8 Å². The lowest BCUT2D eigenvalue weighted by Gasteiger charge is -2.18. The minimum atomic E-state index is -0.105. The lowest BCUT2D eigenvalue weighted by atomic mass is 9.89. The molecule has 0 fully saturated rings. The summed E-state index contributed by atoms with van der Waals surface area (Å²) in [5.74, 6) is 1.19. The Morgan fingerprint density at radius 2 is 2.05 bits per heavy atom. The van der Waals surface area contributed by atoms with Crippen molar-refractivity contribution in [2.75, 3.05) is 0 Å². The van der Waals surface area contributed by atoms with E-state index in [0.29, 0.717) is 12.5 Å². The van der Waals surface area contributed by atoms with Crippen LogP contribution in [0.1, 0.15) is 37.6 Å². The van der Waals surface area contributed by atoms with Gasteiger partial charge < -0.3 is 10.3 Å². The van der Waals surface area contributed by atoms with Crippen molar-refractivity contribution < 1.29 is 4.79 Å². The molecule has 1 heterocycles. The number of aromatic amines is 1. The molecule has 0 aliphatic heterocycles. The van der Waals surface area contributed by atoms with Gasteiger partial charge in [0.05, 0.1) is 12.5 Å². The highest BCUT2D eigenvalue weighted by Gasteiger charge is 2.21. The first-order valence-corrected chi connectivity index (χ1v) is 6.97. The molecule has 4 nitrogen and oxygen atoms in total. The fourth-order valence-corrected chi connectivity index (χ4v) is 2.24. The van der Waals surface area contributed by atoms with Crippen LogP contribution in [0.4, 0.5) is 0 Å². The molecule has 0 spiro atoms. The number of imidazole rings is 1. The molecule has 0 saturated carbocycles. The Bertz CT molecular complexity index is 520. The Labute approximate surface area is 119 Å². The van der Waals surface area contributed by atoms with E-state index >= 15 is 0 Å². The maximum absolute atomic E-state index is 12.4. The van der Waals surface area contributed by atoms with Crippen molar-refractivity contribution in [3.05, 3.63) is 54.1 Å². The number of nitrogens with zero attached hydrogens (tertiary/aromatic N) is 1.